The molecular formula is C20H28BrIN4S. The van der Waals surface area contributed by atoms with Crippen LogP contribution < -0.4 is 10.2 Å². The van der Waals surface area contributed by atoms with Crippen molar-refractivity contribution < 1.29 is 0 Å². The maximum Gasteiger partial charge on any atom is 0.193 e. The van der Waals surface area contributed by atoms with E-state index in [4.69, 9.17) is 0 Å². The van der Waals surface area contributed by atoms with Gasteiger partial charge in [0.25, 0.3) is 0 Å². The van der Waals surface area contributed by atoms with Gasteiger partial charge in [0.2, 0.25) is 0 Å². The van der Waals surface area contributed by atoms with E-state index in [1.807, 2.05) is 18.4 Å². The Bertz CT molecular complexity index is 705. The monoisotopic (exact) mass is 562 g/mol. The number of guanidine groups is 1. The Morgan fingerprint density at radius 2 is 2.11 bits per heavy atom. The molecule has 4 nitrogen and oxygen atoms in total. The zero-order valence-electron chi connectivity index (χ0n) is 15.9. The highest BCUT2D eigenvalue weighted by molar-refractivity contribution is 14.0. The Labute approximate surface area is 192 Å². The van der Waals surface area contributed by atoms with Crippen molar-refractivity contribution in [2.24, 2.45) is 10.9 Å². The number of thiophene rings is 1. The van der Waals surface area contributed by atoms with Crippen LogP contribution in [-0.2, 0) is 6.42 Å². The van der Waals surface area contributed by atoms with Crippen LogP contribution in [0.25, 0.3) is 0 Å². The van der Waals surface area contributed by atoms with Crippen molar-refractivity contribution in [2.45, 2.75) is 12.8 Å². The summed E-state index contributed by atoms with van der Waals surface area (Å²) in [6.07, 6.45) is 2.29. The first-order chi connectivity index (χ1) is 12.7. The third kappa shape index (κ3) is 6.64. The molecular weight excluding hydrogens is 535 g/mol. The number of rotatable bonds is 6. The molecule has 1 fully saturated rings. The number of hydrogen-bond donors (Lipinski definition) is 1. The third-order valence-corrected chi connectivity index (χ3v) is 6.34. The molecule has 1 unspecified atom stereocenters. The topological polar surface area (TPSA) is 30.9 Å². The first kappa shape index (κ1) is 22.5. The largest absolute Gasteiger partial charge is 0.371 e. The fourth-order valence-electron chi connectivity index (χ4n) is 3.34. The molecule has 1 aromatic carbocycles. The van der Waals surface area contributed by atoms with Crippen molar-refractivity contribution in [3.8, 4) is 0 Å². The summed E-state index contributed by atoms with van der Waals surface area (Å²) in [6, 6.07) is 12.9. The van der Waals surface area contributed by atoms with Crippen LogP contribution in [0.15, 0.2) is 51.2 Å². The normalized spacial score (nSPS) is 16.9. The number of anilines is 1. The quantitative estimate of drug-likeness (QED) is 0.314. The summed E-state index contributed by atoms with van der Waals surface area (Å²) in [5.41, 5.74) is 1.31. The first-order valence-corrected chi connectivity index (χ1v) is 10.8. The third-order valence-electron chi connectivity index (χ3n) is 4.87. The van der Waals surface area contributed by atoms with Crippen molar-refractivity contribution in [1.82, 2.24) is 10.2 Å². The van der Waals surface area contributed by atoms with Gasteiger partial charge in [0, 0.05) is 55.3 Å². The molecule has 27 heavy (non-hydrogen) atoms. The van der Waals surface area contributed by atoms with Gasteiger partial charge in [-0.1, -0.05) is 22.0 Å². The summed E-state index contributed by atoms with van der Waals surface area (Å²) >= 11 is 5.33. The minimum atomic E-state index is 0. The molecule has 1 aliphatic heterocycles. The van der Waals surface area contributed by atoms with E-state index in [0.717, 1.165) is 43.0 Å². The van der Waals surface area contributed by atoms with E-state index in [9.17, 15) is 0 Å². The average Bonchev–Trinajstić information content (AvgIpc) is 3.33. The maximum atomic E-state index is 4.45. The van der Waals surface area contributed by atoms with Crippen LogP contribution in [-0.4, -0.2) is 51.1 Å². The van der Waals surface area contributed by atoms with Crippen LogP contribution in [0, 0.1) is 5.92 Å². The van der Waals surface area contributed by atoms with Crippen LogP contribution in [0.2, 0.25) is 0 Å². The molecule has 2 heterocycles. The number of aliphatic imine (C=N–C) groups is 1. The number of hydrogen-bond acceptors (Lipinski definition) is 3. The van der Waals surface area contributed by atoms with Crippen LogP contribution in [0.3, 0.4) is 0 Å². The second kappa shape index (κ2) is 11.3. The molecule has 1 aromatic heterocycles. The fourth-order valence-corrected chi connectivity index (χ4v) is 4.31. The standard InChI is InChI=1S/C20H27BrN4S.HI/c1-22-20(24(2)11-10-19-4-3-13-26-19)23-14-16-9-12-25(15-16)18-7-5-17(21)6-8-18;/h3-8,13,16H,9-12,14-15H2,1-2H3,(H,22,23);1H. The molecule has 148 valence electrons. The molecule has 2 aromatic rings. The summed E-state index contributed by atoms with van der Waals surface area (Å²) in [5.74, 6) is 1.64. The summed E-state index contributed by atoms with van der Waals surface area (Å²) < 4.78 is 1.13. The Balaban J connectivity index is 0.00000261. The van der Waals surface area contributed by atoms with Gasteiger partial charge in [-0.25, -0.2) is 0 Å². The number of benzene rings is 1. The minimum Gasteiger partial charge on any atom is -0.371 e. The van der Waals surface area contributed by atoms with Crippen LogP contribution >= 0.6 is 51.2 Å². The molecule has 0 spiro atoms. The first-order valence-electron chi connectivity index (χ1n) is 9.10. The summed E-state index contributed by atoms with van der Waals surface area (Å²) in [7, 11) is 3.98. The molecule has 0 saturated carbocycles. The number of likely N-dealkylation sites (N-methyl/N-ethyl adjacent to an activating group) is 1. The molecule has 1 aliphatic rings. The number of nitrogens with one attached hydrogen (secondary N) is 1. The molecule has 0 amide bonds. The summed E-state index contributed by atoms with van der Waals surface area (Å²) in [6.45, 7) is 4.18. The van der Waals surface area contributed by atoms with Gasteiger partial charge in [-0.05, 0) is 54.5 Å². The van der Waals surface area contributed by atoms with Gasteiger partial charge >= 0.3 is 0 Å². The fraction of sp³-hybridized carbons (Fsp3) is 0.450. The Kier molecular flexibility index (Phi) is 9.38. The van der Waals surface area contributed by atoms with Crippen molar-refractivity contribution in [3.63, 3.8) is 0 Å². The van der Waals surface area contributed by atoms with Gasteiger partial charge in [0.05, 0.1) is 0 Å². The van der Waals surface area contributed by atoms with E-state index in [0.29, 0.717) is 5.92 Å². The van der Waals surface area contributed by atoms with Crippen molar-refractivity contribution in [2.75, 3.05) is 45.2 Å². The number of halogens is 2. The smallest absolute Gasteiger partial charge is 0.193 e. The Morgan fingerprint density at radius 1 is 1.33 bits per heavy atom. The van der Waals surface area contributed by atoms with E-state index >= 15 is 0 Å². The summed E-state index contributed by atoms with van der Waals surface area (Å²) in [4.78, 5) is 10.6. The highest BCUT2D eigenvalue weighted by Gasteiger charge is 2.23. The predicted octanol–water partition coefficient (Wildman–Crippen LogP) is 4.70. The predicted molar refractivity (Wildman–Crippen MR) is 132 cm³/mol. The lowest BCUT2D eigenvalue weighted by Crippen LogP contribution is -2.42. The molecule has 0 bridgehead atoms. The van der Waals surface area contributed by atoms with Crippen LogP contribution in [0.1, 0.15) is 11.3 Å². The second-order valence-corrected chi connectivity index (χ2v) is 8.70. The SMILES string of the molecule is CN=C(NCC1CCN(c2ccc(Br)cc2)C1)N(C)CCc1cccs1.I. The van der Waals surface area contributed by atoms with Gasteiger partial charge in [0.15, 0.2) is 5.96 Å². The summed E-state index contributed by atoms with van der Waals surface area (Å²) in [5, 5.41) is 5.71. The Morgan fingerprint density at radius 3 is 2.78 bits per heavy atom. The van der Waals surface area contributed by atoms with Gasteiger partial charge < -0.3 is 15.1 Å². The highest BCUT2D eigenvalue weighted by Crippen LogP contribution is 2.25. The molecule has 1 atom stereocenters. The van der Waals surface area contributed by atoms with E-state index in [-0.39, 0.29) is 24.0 Å². The Hall–Kier alpha value is -0.800. The van der Waals surface area contributed by atoms with E-state index < -0.39 is 0 Å². The molecule has 0 radical (unpaired) electrons. The second-order valence-electron chi connectivity index (χ2n) is 6.76. The van der Waals surface area contributed by atoms with Gasteiger partial charge in [-0.3, -0.25) is 4.99 Å². The zero-order chi connectivity index (χ0) is 18.4. The van der Waals surface area contributed by atoms with Gasteiger partial charge in [0.1, 0.15) is 0 Å². The molecule has 1 saturated heterocycles. The van der Waals surface area contributed by atoms with Crippen molar-refractivity contribution in [3.05, 3.63) is 51.1 Å². The van der Waals surface area contributed by atoms with E-state index in [1.54, 1.807) is 0 Å². The molecule has 3 rings (SSSR count). The number of nitrogens with zero attached hydrogens (tertiary/aromatic N) is 3. The highest BCUT2D eigenvalue weighted by atomic mass is 127. The minimum absolute atomic E-state index is 0. The van der Waals surface area contributed by atoms with E-state index in [1.165, 1.54) is 17.0 Å². The van der Waals surface area contributed by atoms with E-state index in [2.05, 4.69) is 84.9 Å². The molecule has 7 heteroatoms. The zero-order valence-corrected chi connectivity index (χ0v) is 20.6. The van der Waals surface area contributed by atoms with Gasteiger partial charge in [-0.15, -0.1) is 35.3 Å². The molecule has 0 aliphatic carbocycles. The van der Waals surface area contributed by atoms with Crippen molar-refractivity contribution >= 4 is 62.9 Å². The van der Waals surface area contributed by atoms with Crippen LogP contribution in [0.5, 0.6) is 0 Å². The lowest BCUT2D eigenvalue weighted by Gasteiger charge is -2.23. The van der Waals surface area contributed by atoms with Crippen LogP contribution in [0.4, 0.5) is 5.69 Å². The van der Waals surface area contributed by atoms with Gasteiger partial charge in [-0.2, -0.15) is 0 Å². The van der Waals surface area contributed by atoms with Crippen molar-refractivity contribution in [1.29, 1.82) is 0 Å². The molecule has 1 N–H and O–H groups in total. The lowest BCUT2D eigenvalue weighted by atomic mass is 10.1. The average molecular weight is 563 g/mol. The maximum absolute atomic E-state index is 4.45. The lowest BCUT2D eigenvalue weighted by molar-refractivity contribution is 0.471.